The molecule has 21 heavy (non-hydrogen) atoms. The molecule has 2 rings (SSSR count). The van der Waals surface area contributed by atoms with Crippen molar-refractivity contribution >= 4 is 23.4 Å². The maximum absolute atomic E-state index is 12.4. The molecule has 0 aliphatic rings. The Morgan fingerprint density at radius 2 is 1.67 bits per heavy atom. The molecule has 0 aliphatic heterocycles. The van der Waals surface area contributed by atoms with Crippen molar-refractivity contribution in [2.75, 3.05) is 6.61 Å². The highest BCUT2D eigenvalue weighted by Gasteiger charge is 2.18. The first-order valence-corrected chi connectivity index (χ1v) is 6.44. The Morgan fingerprint density at radius 3 is 2.29 bits per heavy atom. The molecular formula is C16H10ClNO3. The van der Waals surface area contributed by atoms with Gasteiger partial charge in [-0.1, -0.05) is 29.8 Å². The summed E-state index contributed by atoms with van der Waals surface area (Å²) in [7, 11) is 0. The van der Waals surface area contributed by atoms with Gasteiger partial charge in [-0.05, 0) is 30.3 Å². The summed E-state index contributed by atoms with van der Waals surface area (Å²) >= 11 is 5.79. The number of ether oxygens (including phenoxy) is 1. The quantitative estimate of drug-likeness (QED) is 0.642. The standard InChI is InChI=1S/C16H10ClNO3/c17-12-7-5-11(6-8-12)15(19)13-3-1-2-4-14(13)16(20)21-10-9-18/h1-8H,10H2. The second kappa shape index (κ2) is 6.69. The zero-order valence-electron chi connectivity index (χ0n) is 10.9. The van der Waals surface area contributed by atoms with Gasteiger partial charge >= 0.3 is 5.97 Å². The lowest BCUT2D eigenvalue weighted by molar-refractivity contribution is 0.0552. The molecular weight excluding hydrogens is 290 g/mol. The van der Waals surface area contributed by atoms with Crippen LogP contribution in [0.5, 0.6) is 0 Å². The van der Waals surface area contributed by atoms with Gasteiger partial charge in [0.15, 0.2) is 12.4 Å². The molecule has 0 bridgehead atoms. The van der Waals surface area contributed by atoms with Crippen LogP contribution in [0.1, 0.15) is 26.3 Å². The molecule has 0 spiro atoms. The maximum Gasteiger partial charge on any atom is 0.339 e. The van der Waals surface area contributed by atoms with Crippen LogP contribution in [0.2, 0.25) is 5.02 Å². The molecule has 104 valence electrons. The van der Waals surface area contributed by atoms with Gasteiger partial charge in [-0.15, -0.1) is 0 Å². The molecule has 0 aromatic heterocycles. The lowest BCUT2D eigenvalue weighted by Crippen LogP contribution is -2.12. The summed E-state index contributed by atoms with van der Waals surface area (Å²) in [5.41, 5.74) is 0.774. The Hall–Kier alpha value is -2.64. The Balaban J connectivity index is 2.36. The van der Waals surface area contributed by atoms with Crippen LogP contribution in [0.15, 0.2) is 48.5 Å². The van der Waals surface area contributed by atoms with E-state index >= 15 is 0 Å². The van der Waals surface area contributed by atoms with Crippen LogP contribution in [-0.2, 0) is 4.74 Å². The third kappa shape index (κ3) is 3.47. The van der Waals surface area contributed by atoms with Crippen LogP contribution in [-0.4, -0.2) is 18.4 Å². The van der Waals surface area contributed by atoms with Gasteiger partial charge in [0, 0.05) is 16.1 Å². The van der Waals surface area contributed by atoms with E-state index in [1.807, 2.05) is 0 Å². The van der Waals surface area contributed by atoms with Crippen molar-refractivity contribution in [3.63, 3.8) is 0 Å². The van der Waals surface area contributed by atoms with Crippen molar-refractivity contribution < 1.29 is 14.3 Å². The Morgan fingerprint density at radius 1 is 1.05 bits per heavy atom. The Labute approximate surface area is 126 Å². The van der Waals surface area contributed by atoms with Crippen molar-refractivity contribution in [2.24, 2.45) is 0 Å². The van der Waals surface area contributed by atoms with Gasteiger partial charge in [-0.3, -0.25) is 4.79 Å². The lowest BCUT2D eigenvalue weighted by Gasteiger charge is -2.07. The molecule has 0 fully saturated rings. The van der Waals surface area contributed by atoms with Gasteiger partial charge in [0.1, 0.15) is 6.07 Å². The minimum Gasteiger partial charge on any atom is -0.447 e. The third-order valence-corrected chi connectivity index (χ3v) is 3.02. The average Bonchev–Trinajstić information content (AvgIpc) is 2.52. The SMILES string of the molecule is N#CCOC(=O)c1ccccc1C(=O)c1ccc(Cl)cc1. The molecule has 0 atom stereocenters. The molecule has 0 heterocycles. The zero-order chi connectivity index (χ0) is 15.2. The molecule has 0 unspecified atom stereocenters. The van der Waals surface area contributed by atoms with Crippen LogP contribution in [0.3, 0.4) is 0 Å². The van der Waals surface area contributed by atoms with Crippen LogP contribution < -0.4 is 0 Å². The smallest absolute Gasteiger partial charge is 0.339 e. The van der Waals surface area contributed by atoms with Gasteiger partial charge in [-0.25, -0.2) is 4.79 Å². The first kappa shape index (κ1) is 14.8. The molecule has 2 aromatic rings. The minimum absolute atomic E-state index is 0.132. The number of carbonyl (C=O) groups excluding carboxylic acids is 2. The fraction of sp³-hybridized carbons (Fsp3) is 0.0625. The van der Waals surface area contributed by atoms with Crippen molar-refractivity contribution in [3.8, 4) is 6.07 Å². The number of ketones is 1. The first-order chi connectivity index (χ1) is 10.1. The van der Waals surface area contributed by atoms with E-state index < -0.39 is 5.97 Å². The molecule has 0 aliphatic carbocycles. The summed E-state index contributed by atoms with van der Waals surface area (Å²) in [5.74, 6) is -1.01. The second-order valence-corrected chi connectivity index (χ2v) is 4.55. The minimum atomic E-state index is -0.700. The van der Waals surface area contributed by atoms with Crippen molar-refractivity contribution in [2.45, 2.75) is 0 Å². The predicted molar refractivity (Wildman–Crippen MR) is 77.2 cm³/mol. The highest BCUT2D eigenvalue weighted by Crippen LogP contribution is 2.17. The van der Waals surface area contributed by atoms with Gasteiger partial charge in [0.05, 0.1) is 5.56 Å². The zero-order valence-corrected chi connectivity index (χ0v) is 11.6. The summed E-state index contributed by atoms with van der Waals surface area (Å²) < 4.78 is 4.75. The summed E-state index contributed by atoms with van der Waals surface area (Å²) in [6, 6.07) is 14.4. The van der Waals surface area contributed by atoms with Gasteiger partial charge in [-0.2, -0.15) is 5.26 Å². The fourth-order valence-electron chi connectivity index (χ4n) is 1.79. The third-order valence-electron chi connectivity index (χ3n) is 2.77. The average molecular weight is 300 g/mol. The van der Waals surface area contributed by atoms with E-state index in [0.29, 0.717) is 10.6 Å². The molecule has 0 N–H and O–H groups in total. The normalized spacial score (nSPS) is 9.71. The number of hydrogen-bond acceptors (Lipinski definition) is 4. The number of halogens is 1. The van der Waals surface area contributed by atoms with E-state index in [9.17, 15) is 9.59 Å². The Bertz CT molecular complexity index is 717. The first-order valence-electron chi connectivity index (χ1n) is 6.07. The van der Waals surface area contributed by atoms with Crippen LogP contribution >= 0.6 is 11.6 Å². The van der Waals surface area contributed by atoms with Gasteiger partial charge < -0.3 is 4.74 Å². The van der Waals surface area contributed by atoms with Gasteiger partial charge in [0.25, 0.3) is 0 Å². The number of carbonyl (C=O) groups is 2. The number of hydrogen-bond donors (Lipinski definition) is 0. The largest absolute Gasteiger partial charge is 0.447 e. The van der Waals surface area contributed by atoms with Crippen LogP contribution in [0.4, 0.5) is 0 Å². The number of rotatable bonds is 4. The van der Waals surface area contributed by atoms with E-state index in [1.165, 1.54) is 6.07 Å². The number of esters is 1. The molecule has 0 radical (unpaired) electrons. The molecule has 4 nitrogen and oxygen atoms in total. The van der Waals surface area contributed by atoms with Crippen LogP contribution in [0.25, 0.3) is 0 Å². The topological polar surface area (TPSA) is 67.2 Å². The van der Waals surface area contributed by atoms with E-state index in [4.69, 9.17) is 21.6 Å². The van der Waals surface area contributed by atoms with Crippen molar-refractivity contribution in [1.29, 1.82) is 5.26 Å². The summed E-state index contributed by atoms with van der Waals surface area (Å²) in [4.78, 5) is 24.3. The van der Waals surface area contributed by atoms with E-state index in [2.05, 4.69) is 0 Å². The summed E-state index contributed by atoms with van der Waals surface area (Å²) in [5, 5.41) is 8.96. The van der Waals surface area contributed by atoms with E-state index in [1.54, 1.807) is 48.5 Å². The highest BCUT2D eigenvalue weighted by molar-refractivity contribution is 6.30. The van der Waals surface area contributed by atoms with Crippen molar-refractivity contribution in [1.82, 2.24) is 0 Å². The molecule has 0 amide bonds. The fourth-order valence-corrected chi connectivity index (χ4v) is 1.92. The summed E-state index contributed by atoms with van der Waals surface area (Å²) in [6.45, 7) is -0.359. The molecule has 0 saturated heterocycles. The highest BCUT2D eigenvalue weighted by atomic mass is 35.5. The second-order valence-electron chi connectivity index (χ2n) is 4.12. The molecule has 2 aromatic carbocycles. The number of nitrogens with zero attached hydrogens (tertiary/aromatic N) is 1. The Kier molecular flexibility index (Phi) is 4.70. The number of benzene rings is 2. The monoisotopic (exact) mass is 299 g/mol. The lowest BCUT2D eigenvalue weighted by atomic mass is 9.98. The van der Waals surface area contributed by atoms with E-state index in [0.717, 1.165) is 0 Å². The van der Waals surface area contributed by atoms with Crippen molar-refractivity contribution in [3.05, 3.63) is 70.2 Å². The number of nitriles is 1. The molecule has 0 saturated carbocycles. The molecule has 5 heteroatoms. The predicted octanol–water partition coefficient (Wildman–Crippen LogP) is 3.25. The summed E-state index contributed by atoms with van der Waals surface area (Å²) in [6.07, 6.45) is 0. The van der Waals surface area contributed by atoms with E-state index in [-0.39, 0.29) is 23.5 Å². The maximum atomic E-state index is 12.4. The van der Waals surface area contributed by atoms with Crippen LogP contribution in [0, 0.1) is 11.3 Å². The van der Waals surface area contributed by atoms with Gasteiger partial charge in [0.2, 0.25) is 0 Å².